The van der Waals surface area contributed by atoms with Gasteiger partial charge in [0.1, 0.15) is 9.88 Å². The number of piperazine rings is 1. The summed E-state index contributed by atoms with van der Waals surface area (Å²) in [7, 11) is 2.12. The first-order valence-electron chi connectivity index (χ1n) is 6.65. The number of likely N-dealkylation sites (N-methyl/N-ethyl adjacent to an activating group) is 1. The Labute approximate surface area is 128 Å². The van der Waals surface area contributed by atoms with Crippen molar-refractivity contribution < 1.29 is 9.53 Å². The Morgan fingerprint density at radius 2 is 2.05 bits per heavy atom. The zero-order valence-corrected chi connectivity index (χ0v) is 13.8. The third-order valence-corrected chi connectivity index (χ3v) is 5.53. The highest BCUT2D eigenvalue weighted by Gasteiger charge is 2.26. The molecule has 2 heterocycles. The average molecular weight is 315 g/mol. The summed E-state index contributed by atoms with van der Waals surface area (Å²) in [6.45, 7) is 6.16. The van der Waals surface area contributed by atoms with E-state index in [0.717, 1.165) is 36.1 Å². The highest BCUT2D eigenvalue weighted by Crippen LogP contribution is 2.44. The Morgan fingerprint density at radius 3 is 2.60 bits per heavy atom. The molecule has 5 nitrogen and oxygen atoms in total. The second-order valence-corrected chi connectivity index (χ2v) is 6.51. The van der Waals surface area contributed by atoms with Crippen molar-refractivity contribution in [1.29, 1.82) is 0 Å². The summed E-state index contributed by atoms with van der Waals surface area (Å²) in [6.07, 6.45) is 1.99. The lowest BCUT2D eigenvalue weighted by molar-refractivity contribution is 0.0533. The molecule has 7 heteroatoms. The number of rotatable bonds is 4. The normalized spacial score (nSPS) is 16.4. The first-order valence-corrected chi connectivity index (χ1v) is 8.69. The molecule has 1 aliphatic heterocycles. The molecule has 1 saturated heterocycles. The molecule has 0 bridgehead atoms. The molecule has 0 aromatic carbocycles. The fourth-order valence-electron chi connectivity index (χ4n) is 2.18. The van der Waals surface area contributed by atoms with Crippen molar-refractivity contribution in [2.45, 2.75) is 11.8 Å². The summed E-state index contributed by atoms with van der Waals surface area (Å²) in [6, 6.07) is 0. The van der Waals surface area contributed by atoms with Gasteiger partial charge >= 0.3 is 5.97 Å². The number of nitrogen functional groups attached to an aromatic ring is 1. The number of anilines is 2. The van der Waals surface area contributed by atoms with Crippen LogP contribution in [-0.4, -0.2) is 57.0 Å². The molecule has 0 radical (unpaired) electrons. The predicted octanol–water partition coefficient (Wildman–Crippen LogP) is 1.98. The molecule has 20 heavy (non-hydrogen) atoms. The number of hydrogen-bond acceptors (Lipinski definition) is 7. The van der Waals surface area contributed by atoms with Crippen LogP contribution in [0.1, 0.15) is 16.6 Å². The van der Waals surface area contributed by atoms with E-state index >= 15 is 0 Å². The lowest BCUT2D eigenvalue weighted by Crippen LogP contribution is -2.44. The van der Waals surface area contributed by atoms with Crippen LogP contribution in [-0.2, 0) is 4.74 Å². The first kappa shape index (κ1) is 15.5. The zero-order valence-electron chi connectivity index (χ0n) is 12.1. The number of esters is 1. The third-order valence-electron chi connectivity index (χ3n) is 3.34. The SMILES string of the molecule is CCOC(=O)c1sc(N2CCN(C)CC2)c(SC)c1N. The van der Waals surface area contributed by atoms with E-state index < -0.39 is 0 Å². The van der Waals surface area contributed by atoms with Gasteiger partial charge in [-0.1, -0.05) is 0 Å². The van der Waals surface area contributed by atoms with Crippen molar-refractivity contribution in [1.82, 2.24) is 4.90 Å². The molecule has 1 aromatic rings. The van der Waals surface area contributed by atoms with Crippen LogP contribution >= 0.6 is 23.1 Å². The van der Waals surface area contributed by atoms with Crippen molar-refractivity contribution in [2.75, 3.05) is 56.7 Å². The summed E-state index contributed by atoms with van der Waals surface area (Å²) in [5.41, 5.74) is 6.70. The van der Waals surface area contributed by atoms with Crippen LogP contribution < -0.4 is 10.6 Å². The largest absolute Gasteiger partial charge is 0.462 e. The van der Waals surface area contributed by atoms with Crippen LogP contribution in [0.4, 0.5) is 10.7 Å². The van der Waals surface area contributed by atoms with Gasteiger partial charge in [-0.3, -0.25) is 0 Å². The van der Waals surface area contributed by atoms with Gasteiger partial charge in [0.25, 0.3) is 0 Å². The summed E-state index contributed by atoms with van der Waals surface area (Å²) in [4.78, 5) is 18.1. The minimum absolute atomic E-state index is 0.314. The molecule has 0 atom stereocenters. The van der Waals surface area contributed by atoms with Crippen molar-refractivity contribution in [3.63, 3.8) is 0 Å². The number of carbonyl (C=O) groups excluding carboxylic acids is 1. The molecule has 2 rings (SSSR count). The summed E-state index contributed by atoms with van der Waals surface area (Å²) >= 11 is 3.05. The second kappa shape index (κ2) is 6.69. The Balaban J connectivity index is 2.28. The molecule has 0 amide bonds. The fraction of sp³-hybridized carbons (Fsp3) is 0.615. The maximum Gasteiger partial charge on any atom is 0.350 e. The van der Waals surface area contributed by atoms with Crippen LogP contribution in [0.3, 0.4) is 0 Å². The molecule has 0 spiro atoms. The van der Waals surface area contributed by atoms with E-state index in [9.17, 15) is 4.79 Å². The molecule has 1 fully saturated rings. The van der Waals surface area contributed by atoms with Crippen molar-refractivity contribution in [3.05, 3.63) is 4.88 Å². The van der Waals surface area contributed by atoms with E-state index in [4.69, 9.17) is 10.5 Å². The minimum atomic E-state index is -0.314. The van der Waals surface area contributed by atoms with Gasteiger partial charge in [0.2, 0.25) is 0 Å². The van der Waals surface area contributed by atoms with E-state index in [1.807, 2.05) is 6.26 Å². The second-order valence-electron chi connectivity index (χ2n) is 4.69. The van der Waals surface area contributed by atoms with Gasteiger partial charge in [0, 0.05) is 26.2 Å². The standard InChI is InChI=1S/C13H21N3O2S2/c1-4-18-13(17)11-9(14)10(19-3)12(20-11)16-7-5-15(2)6-8-16/h4-8,14H2,1-3H3. The Hall–Kier alpha value is -0.920. The number of hydrogen-bond donors (Lipinski definition) is 1. The highest BCUT2D eigenvalue weighted by molar-refractivity contribution is 7.99. The van der Waals surface area contributed by atoms with Gasteiger partial charge in [-0.05, 0) is 20.2 Å². The lowest BCUT2D eigenvalue weighted by Gasteiger charge is -2.33. The van der Waals surface area contributed by atoms with E-state index in [2.05, 4.69) is 16.8 Å². The monoisotopic (exact) mass is 315 g/mol. The predicted molar refractivity (Wildman–Crippen MR) is 86.2 cm³/mol. The fourth-order valence-corrected chi connectivity index (χ4v) is 4.31. The first-order chi connectivity index (χ1) is 9.58. The van der Waals surface area contributed by atoms with E-state index in [1.165, 1.54) is 11.3 Å². The van der Waals surface area contributed by atoms with Gasteiger partial charge in [-0.15, -0.1) is 23.1 Å². The van der Waals surface area contributed by atoms with Gasteiger partial charge < -0.3 is 20.3 Å². The number of thiophene rings is 1. The number of nitrogens with two attached hydrogens (primary N) is 1. The minimum Gasteiger partial charge on any atom is -0.462 e. The van der Waals surface area contributed by atoms with E-state index in [1.54, 1.807) is 18.7 Å². The molecular formula is C13H21N3O2S2. The summed E-state index contributed by atoms with van der Waals surface area (Å²) in [5, 5.41) is 1.10. The Bertz CT molecular complexity index is 482. The van der Waals surface area contributed by atoms with Crippen LogP contribution in [0.5, 0.6) is 0 Å². The Kier molecular flexibility index (Phi) is 5.17. The van der Waals surface area contributed by atoms with Gasteiger partial charge in [-0.25, -0.2) is 4.79 Å². The molecule has 2 N–H and O–H groups in total. The van der Waals surface area contributed by atoms with Crippen LogP contribution in [0.15, 0.2) is 4.90 Å². The van der Waals surface area contributed by atoms with Crippen LogP contribution in [0.25, 0.3) is 0 Å². The zero-order chi connectivity index (χ0) is 14.7. The van der Waals surface area contributed by atoms with Gasteiger partial charge in [0.05, 0.1) is 17.2 Å². The maximum atomic E-state index is 12.0. The topological polar surface area (TPSA) is 58.8 Å². The number of carbonyl (C=O) groups is 1. The maximum absolute atomic E-state index is 12.0. The third kappa shape index (κ3) is 3.05. The number of nitrogens with zero attached hydrogens (tertiary/aromatic N) is 2. The molecular weight excluding hydrogens is 294 g/mol. The van der Waals surface area contributed by atoms with Gasteiger partial charge in [-0.2, -0.15) is 0 Å². The molecule has 0 saturated carbocycles. The van der Waals surface area contributed by atoms with Crippen molar-refractivity contribution in [3.8, 4) is 0 Å². The number of ether oxygens (including phenoxy) is 1. The highest BCUT2D eigenvalue weighted by atomic mass is 32.2. The molecule has 1 aliphatic rings. The molecule has 0 aliphatic carbocycles. The lowest BCUT2D eigenvalue weighted by atomic mass is 10.3. The van der Waals surface area contributed by atoms with E-state index in [-0.39, 0.29) is 5.97 Å². The quantitative estimate of drug-likeness (QED) is 0.677. The van der Waals surface area contributed by atoms with Crippen molar-refractivity contribution >= 4 is 39.8 Å². The van der Waals surface area contributed by atoms with Gasteiger partial charge in [0.15, 0.2) is 0 Å². The summed E-state index contributed by atoms with van der Waals surface area (Å²) < 4.78 is 5.08. The smallest absolute Gasteiger partial charge is 0.350 e. The molecule has 0 unspecified atom stereocenters. The molecule has 1 aromatic heterocycles. The van der Waals surface area contributed by atoms with E-state index in [0.29, 0.717) is 17.2 Å². The molecule has 112 valence electrons. The summed E-state index contributed by atoms with van der Waals surface area (Å²) in [5.74, 6) is -0.314. The average Bonchev–Trinajstić information content (AvgIpc) is 2.77. The van der Waals surface area contributed by atoms with Crippen LogP contribution in [0, 0.1) is 0 Å². The Morgan fingerprint density at radius 1 is 1.40 bits per heavy atom. The van der Waals surface area contributed by atoms with Crippen molar-refractivity contribution in [2.24, 2.45) is 0 Å². The van der Waals surface area contributed by atoms with Crippen LogP contribution in [0.2, 0.25) is 0 Å². The number of thioether (sulfide) groups is 1.